The largest absolute Gasteiger partial charge is 0.467 e. The van der Waals surface area contributed by atoms with E-state index in [0.29, 0.717) is 25.4 Å². The van der Waals surface area contributed by atoms with Crippen LogP contribution < -0.4 is 10.6 Å². The number of methoxy groups -OCH3 is 1. The van der Waals surface area contributed by atoms with Crippen molar-refractivity contribution in [3.8, 4) is 0 Å². The van der Waals surface area contributed by atoms with Gasteiger partial charge in [-0.2, -0.15) is 0 Å². The molecule has 0 bridgehead atoms. The summed E-state index contributed by atoms with van der Waals surface area (Å²) in [4.78, 5) is 23.1. The first kappa shape index (κ1) is 13.0. The Morgan fingerprint density at radius 1 is 1.44 bits per heavy atom. The van der Waals surface area contributed by atoms with Crippen LogP contribution >= 0.6 is 0 Å². The minimum absolute atomic E-state index is 0.000631. The first-order chi connectivity index (χ1) is 7.54. The van der Waals surface area contributed by atoms with Crippen molar-refractivity contribution < 1.29 is 14.3 Å². The molecule has 1 atom stereocenters. The Hall–Kier alpha value is -1.10. The number of ether oxygens (including phenoxy) is 1. The third kappa shape index (κ3) is 3.48. The van der Waals surface area contributed by atoms with Gasteiger partial charge in [-0.25, -0.2) is 4.79 Å². The Morgan fingerprint density at radius 3 is 2.44 bits per heavy atom. The highest BCUT2D eigenvalue weighted by molar-refractivity contribution is 5.86. The Balaban J connectivity index is 2.48. The van der Waals surface area contributed by atoms with Crippen LogP contribution in [0.1, 0.15) is 20.3 Å². The van der Waals surface area contributed by atoms with Crippen LogP contribution in [-0.4, -0.2) is 38.1 Å². The van der Waals surface area contributed by atoms with Crippen LogP contribution in [0.25, 0.3) is 0 Å². The van der Waals surface area contributed by atoms with Gasteiger partial charge in [0, 0.05) is 13.1 Å². The lowest BCUT2D eigenvalue weighted by atomic mass is 9.99. The fourth-order valence-electron chi connectivity index (χ4n) is 1.59. The zero-order chi connectivity index (χ0) is 12.1. The van der Waals surface area contributed by atoms with Gasteiger partial charge in [0.15, 0.2) is 0 Å². The van der Waals surface area contributed by atoms with Crippen LogP contribution in [0.5, 0.6) is 0 Å². The fraction of sp³-hybridized carbons (Fsp3) is 0.818. The molecule has 2 N–H and O–H groups in total. The molecule has 0 aliphatic carbocycles. The van der Waals surface area contributed by atoms with Gasteiger partial charge in [-0.15, -0.1) is 0 Å². The maximum Gasteiger partial charge on any atom is 0.328 e. The van der Waals surface area contributed by atoms with Crippen molar-refractivity contribution in [2.24, 2.45) is 11.8 Å². The topological polar surface area (TPSA) is 67.4 Å². The summed E-state index contributed by atoms with van der Waals surface area (Å²) in [6.07, 6.45) is 0.610. The van der Waals surface area contributed by atoms with Gasteiger partial charge >= 0.3 is 5.97 Å². The second-order valence-corrected chi connectivity index (χ2v) is 4.57. The summed E-state index contributed by atoms with van der Waals surface area (Å²) in [5.41, 5.74) is 0. The van der Waals surface area contributed by atoms with Crippen LogP contribution in [0.4, 0.5) is 0 Å². The van der Waals surface area contributed by atoms with E-state index < -0.39 is 6.04 Å². The fourth-order valence-corrected chi connectivity index (χ4v) is 1.59. The predicted octanol–water partition coefficient (Wildman–Crippen LogP) is -0.0903. The lowest BCUT2D eigenvalue weighted by Gasteiger charge is -2.28. The van der Waals surface area contributed by atoms with Gasteiger partial charge in [-0.3, -0.25) is 4.79 Å². The van der Waals surface area contributed by atoms with Gasteiger partial charge < -0.3 is 15.4 Å². The van der Waals surface area contributed by atoms with E-state index in [1.165, 1.54) is 7.11 Å². The molecule has 0 radical (unpaired) electrons. The first-order valence-corrected chi connectivity index (χ1v) is 5.63. The highest BCUT2D eigenvalue weighted by atomic mass is 16.5. The number of amides is 1. The van der Waals surface area contributed by atoms with E-state index in [2.05, 4.69) is 15.4 Å². The third-order valence-electron chi connectivity index (χ3n) is 2.66. The molecule has 0 spiro atoms. The number of hydrogen-bond acceptors (Lipinski definition) is 4. The number of esters is 1. The summed E-state index contributed by atoms with van der Waals surface area (Å²) in [5.74, 6) is -0.0904. The minimum Gasteiger partial charge on any atom is -0.467 e. The molecule has 0 aromatic carbocycles. The molecule has 1 rings (SSSR count). The van der Waals surface area contributed by atoms with Crippen molar-refractivity contribution in [3.63, 3.8) is 0 Å². The van der Waals surface area contributed by atoms with Gasteiger partial charge in [-0.1, -0.05) is 13.8 Å². The van der Waals surface area contributed by atoms with Crippen molar-refractivity contribution in [2.45, 2.75) is 26.3 Å². The standard InChI is InChI=1S/C11H20N2O3/c1-7(2)4-9(11(15)16-3)13-10(14)8-5-12-6-8/h7-9,12H,4-6H2,1-3H3,(H,13,14)/t9-/m0/s1. The average Bonchev–Trinajstić information content (AvgIpc) is 2.11. The van der Waals surface area contributed by atoms with E-state index >= 15 is 0 Å². The van der Waals surface area contributed by atoms with Crippen molar-refractivity contribution in [1.82, 2.24) is 10.6 Å². The second-order valence-electron chi connectivity index (χ2n) is 4.57. The van der Waals surface area contributed by atoms with Crippen LogP contribution in [0, 0.1) is 11.8 Å². The predicted molar refractivity (Wildman–Crippen MR) is 59.8 cm³/mol. The summed E-state index contributed by atoms with van der Waals surface area (Å²) in [7, 11) is 1.34. The number of carbonyl (C=O) groups excluding carboxylic acids is 2. The lowest BCUT2D eigenvalue weighted by molar-refractivity contribution is -0.146. The molecule has 1 amide bonds. The highest BCUT2D eigenvalue weighted by Crippen LogP contribution is 2.09. The summed E-state index contributed by atoms with van der Waals surface area (Å²) >= 11 is 0. The molecule has 1 heterocycles. The van der Waals surface area contributed by atoms with Crippen molar-refractivity contribution >= 4 is 11.9 Å². The Labute approximate surface area is 95.9 Å². The van der Waals surface area contributed by atoms with Gasteiger partial charge in [0.1, 0.15) is 6.04 Å². The van der Waals surface area contributed by atoms with E-state index in [-0.39, 0.29) is 17.8 Å². The van der Waals surface area contributed by atoms with Gasteiger partial charge in [0.2, 0.25) is 5.91 Å². The normalized spacial score (nSPS) is 17.8. The summed E-state index contributed by atoms with van der Waals surface area (Å²) in [6, 6.07) is -0.516. The van der Waals surface area contributed by atoms with Gasteiger partial charge in [-0.05, 0) is 12.3 Å². The van der Waals surface area contributed by atoms with Gasteiger partial charge in [0.25, 0.3) is 0 Å². The molecule has 16 heavy (non-hydrogen) atoms. The highest BCUT2D eigenvalue weighted by Gasteiger charge is 2.29. The number of rotatable bonds is 5. The zero-order valence-electron chi connectivity index (χ0n) is 10.1. The monoisotopic (exact) mass is 228 g/mol. The molecule has 1 aliphatic rings. The van der Waals surface area contributed by atoms with Gasteiger partial charge in [0.05, 0.1) is 13.0 Å². The molecule has 5 nitrogen and oxygen atoms in total. The van der Waals surface area contributed by atoms with E-state index in [9.17, 15) is 9.59 Å². The maximum atomic E-state index is 11.7. The van der Waals surface area contributed by atoms with Crippen molar-refractivity contribution in [1.29, 1.82) is 0 Å². The number of nitrogens with one attached hydrogen (secondary N) is 2. The molecule has 0 unspecified atom stereocenters. The summed E-state index contributed by atoms with van der Waals surface area (Å²) < 4.78 is 4.68. The maximum absolute atomic E-state index is 11.7. The third-order valence-corrected chi connectivity index (χ3v) is 2.66. The average molecular weight is 228 g/mol. The molecule has 5 heteroatoms. The van der Waals surface area contributed by atoms with E-state index in [1.807, 2.05) is 13.8 Å². The van der Waals surface area contributed by atoms with E-state index in [4.69, 9.17) is 0 Å². The van der Waals surface area contributed by atoms with E-state index in [1.54, 1.807) is 0 Å². The Morgan fingerprint density at radius 2 is 2.06 bits per heavy atom. The Bertz CT molecular complexity index is 262. The minimum atomic E-state index is -0.516. The molecule has 0 aromatic rings. The molecule has 1 fully saturated rings. The molecule has 1 saturated heterocycles. The molecule has 92 valence electrons. The van der Waals surface area contributed by atoms with Crippen LogP contribution in [-0.2, 0) is 14.3 Å². The summed E-state index contributed by atoms with van der Waals surface area (Å²) in [6.45, 7) is 5.41. The SMILES string of the molecule is COC(=O)[C@H](CC(C)C)NC(=O)C1CNC1. The van der Waals surface area contributed by atoms with E-state index in [0.717, 1.165) is 0 Å². The Kier molecular flexibility index (Phi) is 4.73. The lowest BCUT2D eigenvalue weighted by Crippen LogP contribution is -2.54. The molecular weight excluding hydrogens is 208 g/mol. The quantitative estimate of drug-likeness (QED) is 0.645. The second kappa shape index (κ2) is 5.84. The molecular formula is C11H20N2O3. The molecule has 1 aliphatic heterocycles. The first-order valence-electron chi connectivity index (χ1n) is 5.63. The number of carbonyl (C=O) groups is 2. The molecule has 0 saturated carbocycles. The van der Waals surface area contributed by atoms with Crippen LogP contribution in [0.3, 0.4) is 0 Å². The zero-order valence-corrected chi connectivity index (χ0v) is 10.1. The van der Waals surface area contributed by atoms with Crippen molar-refractivity contribution in [3.05, 3.63) is 0 Å². The summed E-state index contributed by atoms with van der Waals surface area (Å²) in [5, 5.41) is 5.77. The molecule has 0 aromatic heterocycles. The smallest absolute Gasteiger partial charge is 0.328 e. The number of hydrogen-bond donors (Lipinski definition) is 2. The van der Waals surface area contributed by atoms with Crippen LogP contribution in [0.15, 0.2) is 0 Å². The van der Waals surface area contributed by atoms with Crippen molar-refractivity contribution in [2.75, 3.05) is 20.2 Å². The van der Waals surface area contributed by atoms with Crippen LogP contribution in [0.2, 0.25) is 0 Å².